The van der Waals surface area contributed by atoms with Gasteiger partial charge < -0.3 is 5.32 Å². The Hall–Kier alpha value is -0.0800. The highest BCUT2D eigenvalue weighted by atomic mass is 15.3. The van der Waals surface area contributed by atoms with E-state index in [1.807, 2.05) is 0 Å². The summed E-state index contributed by atoms with van der Waals surface area (Å²) in [5.74, 6) is 0. The van der Waals surface area contributed by atoms with Crippen LogP contribution in [0.25, 0.3) is 0 Å². The molecule has 0 aromatic heterocycles. The summed E-state index contributed by atoms with van der Waals surface area (Å²) in [6.45, 7) is 7.12. The van der Waals surface area contributed by atoms with Gasteiger partial charge in [-0.15, -0.1) is 0 Å². The van der Waals surface area contributed by atoms with Crippen LogP contribution < -0.4 is 5.32 Å². The fourth-order valence-electron chi connectivity index (χ4n) is 2.41. The maximum absolute atomic E-state index is 3.64. The lowest BCUT2D eigenvalue weighted by molar-refractivity contribution is 0.128. The predicted octanol–water partition coefficient (Wildman–Crippen LogP) is 1.61. The Labute approximate surface area is 81.7 Å². The van der Waals surface area contributed by atoms with Crippen LogP contribution in [0, 0.1) is 0 Å². The highest BCUT2D eigenvalue weighted by Crippen LogP contribution is 2.30. The molecule has 2 unspecified atom stereocenters. The van der Waals surface area contributed by atoms with Gasteiger partial charge in [-0.05, 0) is 26.2 Å². The molecular formula is C11H22N2. The van der Waals surface area contributed by atoms with Gasteiger partial charge in [-0.2, -0.15) is 0 Å². The molecule has 1 aliphatic heterocycles. The van der Waals surface area contributed by atoms with Gasteiger partial charge in [-0.25, -0.2) is 0 Å². The van der Waals surface area contributed by atoms with Crippen molar-refractivity contribution in [3.8, 4) is 0 Å². The Bertz CT molecular complexity index is 165. The normalized spacial score (nSPS) is 36.5. The maximum atomic E-state index is 3.64. The lowest BCUT2D eigenvalue weighted by Gasteiger charge is -2.39. The van der Waals surface area contributed by atoms with E-state index in [1.54, 1.807) is 0 Å². The molecule has 1 aliphatic carbocycles. The van der Waals surface area contributed by atoms with Gasteiger partial charge in [-0.3, -0.25) is 4.90 Å². The van der Waals surface area contributed by atoms with E-state index in [0.717, 1.165) is 18.1 Å². The molecule has 0 aromatic carbocycles. The van der Waals surface area contributed by atoms with Crippen LogP contribution in [0.15, 0.2) is 0 Å². The van der Waals surface area contributed by atoms with E-state index in [-0.39, 0.29) is 0 Å². The zero-order valence-corrected chi connectivity index (χ0v) is 8.92. The fraction of sp³-hybridized carbons (Fsp3) is 1.00. The third kappa shape index (κ3) is 2.23. The molecule has 1 saturated carbocycles. The predicted molar refractivity (Wildman–Crippen MR) is 55.9 cm³/mol. The molecular weight excluding hydrogens is 160 g/mol. The highest BCUT2D eigenvalue weighted by Gasteiger charge is 2.35. The molecule has 2 aliphatic rings. The fourth-order valence-corrected chi connectivity index (χ4v) is 2.41. The van der Waals surface area contributed by atoms with Gasteiger partial charge in [0.15, 0.2) is 0 Å². The summed E-state index contributed by atoms with van der Waals surface area (Å²) in [7, 11) is 0. The van der Waals surface area contributed by atoms with Crippen LogP contribution in [0.4, 0.5) is 0 Å². The van der Waals surface area contributed by atoms with Crippen molar-refractivity contribution in [1.82, 2.24) is 10.2 Å². The van der Waals surface area contributed by atoms with Crippen LogP contribution in [-0.2, 0) is 0 Å². The smallest absolute Gasteiger partial charge is 0.0196 e. The summed E-state index contributed by atoms with van der Waals surface area (Å²) < 4.78 is 0. The summed E-state index contributed by atoms with van der Waals surface area (Å²) in [5, 5.41) is 3.64. The van der Waals surface area contributed by atoms with E-state index in [9.17, 15) is 0 Å². The Kier molecular flexibility index (Phi) is 2.89. The molecule has 0 aromatic rings. The van der Waals surface area contributed by atoms with Crippen molar-refractivity contribution in [2.45, 2.75) is 57.7 Å². The first-order valence-corrected chi connectivity index (χ1v) is 5.80. The Morgan fingerprint density at radius 1 is 1.38 bits per heavy atom. The van der Waals surface area contributed by atoms with Crippen molar-refractivity contribution in [3.05, 3.63) is 0 Å². The minimum absolute atomic E-state index is 0.764. The van der Waals surface area contributed by atoms with Gasteiger partial charge in [0.05, 0.1) is 0 Å². The second kappa shape index (κ2) is 3.97. The molecule has 2 atom stereocenters. The molecule has 1 N–H and O–H groups in total. The summed E-state index contributed by atoms with van der Waals surface area (Å²) in [4.78, 5) is 2.72. The molecule has 2 fully saturated rings. The first kappa shape index (κ1) is 9.47. The molecule has 1 heterocycles. The molecule has 0 radical (unpaired) electrons. The Balaban J connectivity index is 1.85. The molecule has 0 amide bonds. The first-order chi connectivity index (χ1) is 6.31. The van der Waals surface area contributed by atoms with Crippen LogP contribution in [-0.4, -0.2) is 36.1 Å². The maximum Gasteiger partial charge on any atom is 0.0196 e. The van der Waals surface area contributed by atoms with Crippen molar-refractivity contribution in [2.75, 3.05) is 13.1 Å². The SMILES string of the molecule is CCCC1CN(C2CC2)C(C)CN1. The van der Waals surface area contributed by atoms with Crippen LogP contribution in [0.5, 0.6) is 0 Å². The number of hydrogen-bond acceptors (Lipinski definition) is 2. The van der Waals surface area contributed by atoms with Crippen molar-refractivity contribution in [2.24, 2.45) is 0 Å². The molecule has 1 saturated heterocycles. The van der Waals surface area contributed by atoms with Gasteiger partial charge in [0, 0.05) is 31.2 Å². The number of nitrogens with zero attached hydrogens (tertiary/aromatic N) is 1. The molecule has 2 rings (SSSR count). The van der Waals surface area contributed by atoms with Gasteiger partial charge in [0.25, 0.3) is 0 Å². The molecule has 2 heteroatoms. The average molecular weight is 182 g/mol. The first-order valence-electron chi connectivity index (χ1n) is 5.80. The highest BCUT2D eigenvalue weighted by molar-refractivity contribution is 4.93. The Morgan fingerprint density at radius 2 is 2.15 bits per heavy atom. The molecule has 76 valence electrons. The molecule has 0 spiro atoms. The summed E-state index contributed by atoms with van der Waals surface area (Å²) >= 11 is 0. The van der Waals surface area contributed by atoms with Crippen LogP contribution >= 0.6 is 0 Å². The van der Waals surface area contributed by atoms with Crippen LogP contribution in [0.3, 0.4) is 0 Å². The van der Waals surface area contributed by atoms with Gasteiger partial charge in [0.1, 0.15) is 0 Å². The quantitative estimate of drug-likeness (QED) is 0.713. The van der Waals surface area contributed by atoms with E-state index < -0.39 is 0 Å². The van der Waals surface area contributed by atoms with Crippen LogP contribution in [0.1, 0.15) is 39.5 Å². The lowest BCUT2D eigenvalue weighted by atomic mass is 10.1. The van der Waals surface area contributed by atoms with Crippen LogP contribution in [0.2, 0.25) is 0 Å². The monoisotopic (exact) mass is 182 g/mol. The number of rotatable bonds is 3. The topological polar surface area (TPSA) is 15.3 Å². The zero-order chi connectivity index (χ0) is 9.26. The van der Waals surface area contributed by atoms with Crippen molar-refractivity contribution < 1.29 is 0 Å². The van der Waals surface area contributed by atoms with E-state index >= 15 is 0 Å². The largest absolute Gasteiger partial charge is 0.311 e. The molecule has 0 bridgehead atoms. The average Bonchev–Trinajstić information content (AvgIpc) is 2.92. The van der Waals surface area contributed by atoms with Crippen molar-refractivity contribution >= 4 is 0 Å². The van der Waals surface area contributed by atoms with Gasteiger partial charge in [0.2, 0.25) is 0 Å². The minimum atomic E-state index is 0.764. The summed E-state index contributed by atoms with van der Waals surface area (Å²) in [6.07, 6.45) is 5.55. The third-order valence-corrected chi connectivity index (χ3v) is 3.35. The molecule has 13 heavy (non-hydrogen) atoms. The minimum Gasteiger partial charge on any atom is -0.311 e. The second-order valence-corrected chi connectivity index (χ2v) is 4.67. The zero-order valence-electron chi connectivity index (χ0n) is 8.92. The summed E-state index contributed by atoms with van der Waals surface area (Å²) in [5.41, 5.74) is 0. The second-order valence-electron chi connectivity index (χ2n) is 4.67. The number of hydrogen-bond donors (Lipinski definition) is 1. The van der Waals surface area contributed by atoms with E-state index in [1.165, 1.54) is 38.8 Å². The van der Waals surface area contributed by atoms with Gasteiger partial charge in [-0.1, -0.05) is 13.3 Å². The Morgan fingerprint density at radius 3 is 2.77 bits per heavy atom. The molecule has 2 nitrogen and oxygen atoms in total. The summed E-state index contributed by atoms with van der Waals surface area (Å²) in [6, 6.07) is 2.47. The van der Waals surface area contributed by atoms with E-state index in [2.05, 4.69) is 24.1 Å². The van der Waals surface area contributed by atoms with E-state index in [0.29, 0.717) is 0 Å². The standard InChI is InChI=1S/C11H22N2/c1-3-4-10-8-13(11-5-6-11)9(2)7-12-10/h9-12H,3-8H2,1-2H3. The number of nitrogens with one attached hydrogen (secondary N) is 1. The third-order valence-electron chi connectivity index (χ3n) is 3.35. The van der Waals surface area contributed by atoms with Crippen molar-refractivity contribution in [1.29, 1.82) is 0 Å². The lowest BCUT2D eigenvalue weighted by Crippen LogP contribution is -2.55. The van der Waals surface area contributed by atoms with Crippen molar-refractivity contribution in [3.63, 3.8) is 0 Å². The number of piperazine rings is 1. The van der Waals surface area contributed by atoms with Gasteiger partial charge >= 0.3 is 0 Å². The van der Waals surface area contributed by atoms with E-state index in [4.69, 9.17) is 0 Å².